The Balaban J connectivity index is 2.59. The first kappa shape index (κ1) is 15.3. The summed E-state index contributed by atoms with van der Waals surface area (Å²) in [6.07, 6.45) is 1.04. The number of hydrogen-bond acceptors (Lipinski definition) is 3. The van der Waals surface area contributed by atoms with Crippen LogP contribution < -0.4 is 0 Å². The minimum Gasteiger partial charge on any atom is -0.481 e. The Morgan fingerprint density at radius 1 is 1.30 bits per heavy atom. The van der Waals surface area contributed by atoms with Crippen LogP contribution in [-0.2, 0) is 9.59 Å². The molecule has 0 amide bonds. The number of aliphatic carboxylic acids is 2. The zero-order chi connectivity index (χ0) is 14.9. The Labute approximate surface area is 136 Å². The van der Waals surface area contributed by atoms with Crippen molar-refractivity contribution in [2.75, 3.05) is 0 Å². The summed E-state index contributed by atoms with van der Waals surface area (Å²) in [5.74, 6) is -2.64. The summed E-state index contributed by atoms with van der Waals surface area (Å²) in [4.78, 5) is 22.0. The molecular weight excluding hydrogens is 443 g/mol. The SMILES string of the molecule is O=C(O)CC(CC(=O)O)c1c(I)cc(Br)c2occc12. The number of hydrogen-bond donors (Lipinski definition) is 2. The average Bonchev–Trinajstić information content (AvgIpc) is 2.76. The van der Waals surface area contributed by atoms with Crippen molar-refractivity contribution in [2.45, 2.75) is 18.8 Å². The zero-order valence-electron chi connectivity index (χ0n) is 10.1. The van der Waals surface area contributed by atoms with Crippen molar-refractivity contribution in [3.63, 3.8) is 0 Å². The smallest absolute Gasteiger partial charge is 0.303 e. The summed E-state index contributed by atoms with van der Waals surface area (Å²) in [6, 6.07) is 3.53. The van der Waals surface area contributed by atoms with Gasteiger partial charge in [0.05, 0.1) is 23.6 Å². The molecule has 0 aliphatic heterocycles. The Kier molecular flexibility index (Phi) is 4.69. The lowest BCUT2D eigenvalue weighted by Gasteiger charge is -2.16. The standard InChI is InChI=1S/C13H10BrIO5/c14-8-5-9(15)12(7-1-2-20-13(7)8)6(3-10(16)17)4-11(18)19/h1-2,5-6H,3-4H2,(H,16,17)(H,18,19). The van der Waals surface area contributed by atoms with Gasteiger partial charge in [0.1, 0.15) is 5.58 Å². The van der Waals surface area contributed by atoms with Gasteiger partial charge in [-0.15, -0.1) is 0 Å². The van der Waals surface area contributed by atoms with Gasteiger partial charge < -0.3 is 14.6 Å². The highest BCUT2D eigenvalue weighted by Gasteiger charge is 2.25. The van der Waals surface area contributed by atoms with Crippen LogP contribution in [0.4, 0.5) is 0 Å². The lowest BCUT2D eigenvalue weighted by Crippen LogP contribution is -2.12. The van der Waals surface area contributed by atoms with Crippen LogP contribution in [0.2, 0.25) is 0 Å². The number of halogens is 2. The maximum atomic E-state index is 11.0. The van der Waals surface area contributed by atoms with E-state index in [1.54, 1.807) is 12.1 Å². The van der Waals surface area contributed by atoms with Crippen LogP contribution in [-0.4, -0.2) is 22.2 Å². The lowest BCUT2D eigenvalue weighted by molar-refractivity contribution is -0.139. The van der Waals surface area contributed by atoms with Crippen molar-refractivity contribution in [2.24, 2.45) is 0 Å². The molecule has 0 saturated heterocycles. The molecule has 5 nitrogen and oxygen atoms in total. The quantitative estimate of drug-likeness (QED) is 0.673. The third-order valence-corrected chi connectivity index (χ3v) is 4.41. The molecule has 0 unspecified atom stereocenters. The maximum absolute atomic E-state index is 11.0. The van der Waals surface area contributed by atoms with Gasteiger partial charge in [-0.05, 0) is 56.2 Å². The molecular formula is C13H10BrIO5. The Hall–Kier alpha value is -1.09. The van der Waals surface area contributed by atoms with Gasteiger partial charge in [-0.3, -0.25) is 9.59 Å². The van der Waals surface area contributed by atoms with Crippen LogP contribution >= 0.6 is 38.5 Å². The van der Waals surface area contributed by atoms with Gasteiger partial charge in [0, 0.05) is 14.9 Å². The summed E-state index contributed by atoms with van der Waals surface area (Å²) >= 11 is 5.46. The Morgan fingerprint density at radius 3 is 2.45 bits per heavy atom. The van der Waals surface area contributed by atoms with Crippen LogP contribution in [0.25, 0.3) is 11.0 Å². The first-order valence-electron chi connectivity index (χ1n) is 5.68. The maximum Gasteiger partial charge on any atom is 0.303 e. The molecule has 7 heteroatoms. The fraction of sp³-hybridized carbons (Fsp3) is 0.231. The highest BCUT2D eigenvalue weighted by Crippen LogP contribution is 2.38. The topological polar surface area (TPSA) is 87.7 Å². The lowest BCUT2D eigenvalue weighted by atomic mass is 9.90. The molecule has 1 heterocycles. The molecule has 2 aromatic rings. The van der Waals surface area contributed by atoms with E-state index < -0.39 is 17.9 Å². The molecule has 0 bridgehead atoms. The van der Waals surface area contributed by atoms with E-state index in [0.717, 1.165) is 13.4 Å². The molecule has 0 aliphatic rings. The van der Waals surface area contributed by atoms with E-state index in [0.29, 0.717) is 11.1 Å². The second-order valence-corrected chi connectivity index (χ2v) is 6.33. The number of furan rings is 1. The molecule has 20 heavy (non-hydrogen) atoms. The number of benzene rings is 1. The van der Waals surface area contributed by atoms with Gasteiger partial charge in [0.2, 0.25) is 0 Å². The molecule has 1 aromatic carbocycles. The Bertz CT molecular complexity index is 663. The first-order chi connectivity index (χ1) is 9.40. The van der Waals surface area contributed by atoms with Crippen molar-refractivity contribution in [1.82, 2.24) is 0 Å². The van der Waals surface area contributed by atoms with Crippen LogP contribution in [0.1, 0.15) is 24.3 Å². The van der Waals surface area contributed by atoms with Crippen LogP contribution in [0, 0.1) is 3.57 Å². The third-order valence-electron chi connectivity index (χ3n) is 2.93. The highest BCUT2D eigenvalue weighted by molar-refractivity contribution is 14.1. The zero-order valence-corrected chi connectivity index (χ0v) is 13.8. The van der Waals surface area contributed by atoms with E-state index >= 15 is 0 Å². The molecule has 2 rings (SSSR count). The summed E-state index contributed by atoms with van der Waals surface area (Å²) in [5, 5.41) is 18.7. The van der Waals surface area contributed by atoms with Gasteiger partial charge in [0.25, 0.3) is 0 Å². The van der Waals surface area contributed by atoms with E-state index in [9.17, 15) is 9.59 Å². The van der Waals surface area contributed by atoms with Crippen LogP contribution in [0.15, 0.2) is 27.3 Å². The van der Waals surface area contributed by atoms with E-state index in [1.165, 1.54) is 6.26 Å². The fourth-order valence-corrected chi connectivity index (χ4v) is 4.21. The van der Waals surface area contributed by atoms with Gasteiger partial charge >= 0.3 is 11.9 Å². The fourth-order valence-electron chi connectivity index (χ4n) is 2.20. The minimum absolute atomic E-state index is 0.232. The van der Waals surface area contributed by atoms with Crippen molar-refractivity contribution >= 4 is 61.4 Å². The molecule has 0 atom stereocenters. The predicted molar refractivity (Wildman–Crippen MR) is 83.9 cm³/mol. The van der Waals surface area contributed by atoms with Gasteiger partial charge in [-0.25, -0.2) is 0 Å². The summed E-state index contributed by atoms with van der Waals surface area (Å²) < 4.78 is 6.93. The molecule has 1 aromatic heterocycles. The number of rotatable bonds is 5. The van der Waals surface area contributed by atoms with E-state index in [4.69, 9.17) is 14.6 Å². The molecule has 0 saturated carbocycles. The normalized spacial score (nSPS) is 11.2. The number of carbonyl (C=O) groups is 2. The predicted octanol–water partition coefficient (Wildman–Crippen LogP) is 3.83. The van der Waals surface area contributed by atoms with E-state index in [2.05, 4.69) is 38.5 Å². The molecule has 0 fully saturated rings. The number of carboxylic acid groups (broad SMARTS) is 2. The largest absolute Gasteiger partial charge is 0.481 e. The number of fused-ring (bicyclic) bond motifs is 1. The van der Waals surface area contributed by atoms with E-state index in [-0.39, 0.29) is 12.8 Å². The molecule has 0 radical (unpaired) electrons. The van der Waals surface area contributed by atoms with Crippen molar-refractivity contribution in [3.05, 3.63) is 32.0 Å². The van der Waals surface area contributed by atoms with Crippen molar-refractivity contribution < 1.29 is 24.2 Å². The van der Waals surface area contributed by atoms with Crippen LogP contribution in [0.5, 0.6) is 0 Å². The van der Waals surface area contributed by atoms with Gasteiger partial charge in [0.15, 0.2) is 0 Å². The average molecular weight is 453 g/mol. The molecule has 0 aliphatic carbocycles. The van der Waals surface area contributed by atoms with E-state index in [1.807, 2.05) is 0 Å². The van der Waals surface area contributed by atoms with Crippen molar-refractivity contribution in [3.8, 4) is 0 Å². The van der Waals surface area contributed by atoms with Gasteiger partial charge in [-0.1, -0.05) is 0 Å². The Morgan fingerprint density at radius 2 is 1.90 bits per heavy atom. The van der Waals surface area contributed by atoms with Crippen LogP contribution in [0.3, 0.4) is 0 Å². The second-order valence-electron chi connectivity index (χ2n) is 4.31. The third kappa shape index (κ3) is 3.14. The monoisotopic (exact) mass is 452 g/mol. The molecule has 106 valence electrons. The number of carboxylic acids is 2. The molecule has 0 spiro atoms. The second kappa shape index (κ2) is 6.13. The minimum atomic E-state index is -1.02. The summed E-state index contributed by atoms with van der Waals surface area (Å²) in [5.41, 5.74) is 1.31. The summed E-state index contributed by atoms with van der Waals surface area (Å²) in [6.45, 7) is 0. The summed E-state index contributed by atoms with van der Waals surface area (Å²) in [7, 11) is 0. The highest BCUT2D eigenvalue weighted by atomic mass is 127. The van der Waals surface area contributed by atoms with Crippen molar-refractivity contribution in [1.29, 1.82) is 0 Å². The first-order valence-corrected chi connectivity index (χ1v) is 7.56. The van der Waals surface area contributed by atoms with Gasteiger partial charge in [-0.2, -0.15) is 0 Å². The molecule has 2 N–H and O–H groups in total.